The van der Waals surface area contributed by atoms with Crippen LogP contribution in [0, 0.1) is 5.92 Å². The summed E-state index contributed by atoms with van der Waals surface area (Å²) in [5.41, 5.74) is 6.21. The monoisotopic (exact) mass is 210 g/mol. The lowest BCUT2D eigenvalue weighted by Crippen LogP contribution is -2.11. The summed E-state index contributed by atoms with van der Waals surface area (Å²) >= 11 is 0. The molecule has 0 saturated carbocycles. The molecule has 0 amide bonds. The maximum Gasteiger partial charge on any atom is 0.237 e. The Balaban J connectivity index is 2.18. The van der Waals surface area contributed by atoms with E-state index < -0.39 is 0 Å². The first-order chi connectivity index (χ1) is 7.20. The molecule has 1 aromatic rings. The Kier molecular flexibility index (Phi) is 4.90. The molecule has 0 aliphatic carbocycles. The average molecular weight is 210 g/mol. The smallest absolute Gasteiger partial charge is 0.237 e. The maximum atomic E-state index is 5.66. The van der Waals surface area contributed by atoms with Crippen LogP contribution >= 0.6 is 0 Å². The van der Waals surface area contributed by atoms with Crippen LogP contribution in [0.25, 0.3) is 0 Å². The lowest BCUT2D eigenvalue weighted by Gasteiger charge is -2.08. The van der Waals surface area contributed by atoms with Crippen molar-refractivity contribution in [2.75, 3.05) is 25.6 Å². The van der Waals surface area contributed by atoms with Crippen LogP contribution in [0.3, 0.4) is 0 Å². The Labute approximate surface area is 90.4 Å². The number of aromatic nitrogens is 1. The third-order valence-corrected chi connectivity index (χ3v) is 1.72. The van der Waals surface area contributed by atoms with Gasteiger partial charge in [-0.1, -0.05) is 13.8 Å². The molecule has 1 rings (SSSR count). The van der Waals surface area contributed by atoms with Crippen LogP contribution in [0.1, 0.15) is 13.8 Å². The van der Waals surface area contributed by atoms with Gasteiger partial charge in [0.15, 0.2) is 0 Å². The molecule has 0 fully saturated rings. The molecule has 4 nitrogen and oxygen atoms in total. The van der Waals surface area contributed by atoms with Gasteiger partial charge < -0.3 is 15.2 Å². The van der Waals surface area contributed by atoms with Gasteiger partial charge in [0.25, 0.3) is 0 Å². The van der Waals surface area contributed by atoms with E-state index in [0.717, 1.165) is 6.61 Å². The summed E-state index contributed by atoms with van der Waals surface area (Å²) in [6.07, 6.45) is 1.65. The van der Waals surface area contributed by atoms with Crippen molar-refractivity contribution >= 4 is 5.69 Å². The maximum absolute atomic E-state index is 5.66. The van der Waals surface area contributed by atoms with Gasteiger partial charge >= 0.3 is 0 Å². The summed E-state index contributed by atoms with van der Waals surface area (Å²) in [6.45, 7) is 6.01. The highest BCUT2D eigenvalue weighted by molar-refractivity contribution is 5.46. The third kappa shape index (κ3) is 4.65. The Morgan fingerprint density at radius 1 is 1.40 bits per heavy atom. The summed E-state index contributed by atoms with van der Waals surface area (Å²) in [6, 6.07) is 3.54. The second kappa shape index (κ2) is 6.24. The van der Waals surface area contributed by atoms with Gasteiger partial charge in [-0.25, -0.2) is 4.98 Å². The molecule has 0 radical (unpaired) electrons. The van der Waals surface area contributed by atoms with Crippen LogP contribution in [-0.2, 0) is 4.74 Å². The Morgan fingerprint density at radius 2 is 2.20 bits per heavy atom. The lowest BCUT2D eigenvalue weighted by atomic mass is 10.2. The molecular formula is C11H18N2O2. The van der Waals surface area contributed by atoms with Crippen molar-refractivity contribution in [1.29, 1.82) is 0 Å². The van der Waals surface area contributed by atoms with Crippen molar-refractivity contribution in [3.8, 4) is 5.88 Å². The predicted molar refractivity (Wildman–Crippen MR) is 59.8 cm³/mol. The largest absolute Gasteiger partial charge is 0.474 e. The summed E-state index contributed by atoms with van der Waals surface area (Å²) in [7, 11) is 0. The molecule has 4 heteroatoms. The van der Waals surface area contributed by atoms with Gasteiger partial charge in [-0.2, -0.15) is 0 Å². The van der Waals surface area contributed by atoms with E-state index in [2.05, 4.69) is 18.8 Å². The number of nitrogen functional groups attached to an aromatic ring is 1. The van der Waals surface area contributed by atoms with Gasteiger partial charge in [0, 0.05) is 12.8 Å². The topological polar surface area (TPSA) is 57.4 Å². The number of nitrogens with zero attached hydrogens (tertiary/aromatic N) is 1. The van der Waals surface area contributed by atoms with Crippen molar-refractivity contribution in [1.82, 2.24) is 4.98 Å². The molecule has 0 atom stereocenters. The first-order valence-electron chi connectivity index (χ1n) is 5.11. The second-order valence-corrected chi connectivity index (χ2v) is 3.72. The van der Waals surface area contributed by atoms with Crippen LogP contribution in [0.4, 0.5) is 5.69 Å². The van der Waals surface area contributed by atoms with E-state index in [0.29, 0.717) is 30.7 Å². The van der Waals surface area contributed by atoms with Crippen LogP contribution in [-0.4, -0.2) is 24.8 Å². The van der Waals surface area contributed by atoms with Gasteiger partial charge in [-0.3, -0.25) is 0 Å². The number of pyridine rings is 1. The number of anilines is 1. The number of rotatable bonds is 6. The highest BCUT2D eigenvalue weighted by Crippen LogP contribution is 2.15. The number of ether oxygens (including phenoxy) is 2. The van der Waals surface area contributed by atoms with E-state index >= 15 is 0 Å². The minimum absolute atomic E-state index is 0.477. The van der Waals surface area contributed by atoms with Crippen LogP contribution < -0.4 is 10.5 Å². The molecule has 1 aromatic heterocycles. The minimum Gasteiger partial charge on any atom is -0.474 e. The zero-order valence-corrected chi connectivity index (χ0v) is 9.27. The minimum atomic E-state index is 0.477. The molecule has 15 heavy (non-hydrogen) atoms. The van der Waals surface area contributed by atoms with Crippen molar-refractivity contribution in [2.45, 2.75) is 13.8 Å². The van der Waals surface area contributed by atoms with Crippen molar-refractivity contribution in [3.05, 3.63) is 18.3 Å². The summed E-state index contributed by atoms with van der Waals surface area (Å²) < 4.78 is 10.7. The van der Waals surface area contributed by atoms with Crippen LogP contribution in [0.2, 0.25) is 0 Å². The molecule has 0 bridgehead atoms. The Bertz CT molecular complexity index is 290. The van der Waals surface area contributed by atoms with Crippen molar-refractivity contribution < 1.29 is 9.47 Å². The number of hydrogen-bond acceptors (Lipinski definition) is 4. The van der Waals surface area contributed by atoms with Crippen molar-refractivity contribution in [2.24, 2.45) is 5.92 Å². The molecule has 84 valence electrons. The van der Waals surface area contributed by atoms with Gasteiger partial charge in [0.2, 0.25) is 5.88 Å². The fourth-order valence-electron chi connectivity index (χ4n) is 1.04. The molecular weight excluding hydrogens is 192 g/mol. The quantitative estimate of drug-likeness (QED) is 0.726. The summed E-state index contributed by atoms with van der Waals surface area (Å²) in [5, 5.41) is 0. The van der Waals surface area contributed by atoms with E-state index in [9.17, 15) is 0 Å². The standard InChI is InChI=1S/C11H18N2O2/c1-9(2)8-14-6-7-15-11-10(12)4-3-5-13-11/h3-5,9H,6-8,12H2,1-2H3. The average Bonchev–Trinajstić information content (AvgIpc) is 2.20. The van der Waals surface area contributed by atoms with E-state index in [-0.39, 0.29) is 0 Å². The van der Waals surface area contributed by atoms with E-state index in [1.54, 1.807) is 18.3 Å². The zero-order valence-electron chi connectivity index (χ0n) is 9.27. The highest BCUT2D eigenvalue weighted by atomic mass is 16.5. The molecule has 0 aliphatic rings. The van der Waals surface area contributed by atoms with Gasteiger partial charge in [0.05, 0.1) is 12.3 Å². The highest BCUT2D eigenvalue weighted by Gasteiger charge is 2.00. The number of nitrogens with two attached hydrogens (primary N) is 1. The molecule has 1 heterocycles. The van der Waals surface area contributed by atoms with E-state index in [4.69, 9.17) is 15.2 Å². The molecule has 0 aliphatic heterocycles. The SMILES string of the molecule is CC(C)COCCOc1ncccc1N. The van der Waals surface area contributed by atoms with Gasteiger partial charge in [-0.15, -0.1) is 0 Å². The van der Waals surface area contributed by atoms with Gasteiger partial charge in [-0.05, 0) is 18.1 Å². The van der Waals surface area contributed by atoms with E-state index in [1.807, 2.05) is 0 Å². The molecule has 0 spiro atoms. The first-order valence-corrected chi connectivity index (χ1v) is 5.11. The summed E-state index contributed by atoms with van der Waals surface area (Å²) in [5.74, 6) is 1.02. The lowest BCUT2D eigenvalue weighted by molar-refractivity contribution is 0.0808. The Morgan fingerprint density at radius 3 is 2.87 bits per heavy atom. The predicted octanol–water partition coefficient (Wildman–Crippen LogP) is 1.72. The third-order valence-electron chi connectivity index (χ3n) is 1.72. The van der Waals surface area contributed by atoms with Crippen LogP contribution in [0.15, 0.2) is 18.3 Å². The fourth-order valence-corrected chi connectivity index (χ4v) is 1.04. The fraction of sp³-hybridized carbons (Fsp3) is 0.545. The second-order valence-electron chi connectivity index (χ2n) is 3.72. The zero-order chi connectivity index (χ0) is 11.1. The van der Waals surface area contributed by atoms with Crippen molar-refractivity contribution in [3.63, 3.8) is 0 Å². The van der Waals surface area contributed by atoms with E-state index in [1.165, 1.54) is 0 Å². The molecule has 0 unspecified atom stereocenters. The molecule has 0 aromatic carbocycles. The van der Waals surface area contributed by atoms with Crippen LogP contribution in [0.5, 0.6) is 5.88 Å². The van der Waals surface area contributed by atoms with Gasteiger partial charge in [0.1, 0.15) is 6.61 Å². The molecule has 2 N–H and O–H groups in total. The first kappa shape index (κ1) is 11.8. The molecule has 0 saturated heterocycles. The summed E-state index contributed by atoms with van der Waals surface area (Å²) in [4.78, 5) is 4.01. The Hall–Kier alpha value is -1.29. The normalized spacial score (nSPS) is 10.6. The number of hydrogen-bond donors (Lipinski definition) is 1.